The van der Waals surface area contributed by atoms with Gasteiger partial charge in [-0.05, 0) is 49.4 Å². The molecular weight excluding hydrogens is 280 g/mol. The first-order chi connectivity index (χ1) is 10.6. The van der Waals surface area contributed by atoms with Crippen molar-refractivity contribution >= 4 is 11.7 Å². The van der Waals surface area contributed by atoms with Crippen molar-refractivity contribution in [2.75, 3.05) is 11.9 Å². The monoisotopic (exact) mass is 304 g/mol. The van der Waals surface area contributed by atoms with Crippen molar-refractivity contribution < 1.29 is 9.53 Å². The van der Waals surface area contributed by atoms with E-state index in [0.29, 0.717) is 37.8 Å². The van der Waals surface area contributed by atoms with Crippen molar-refractivity contribution in [3.63, 3.8) is 0 Å². The first kappa shape index (κ1) is 15.3. The quantitative estimate of drug-likeness (QED) is 0.683. The van der Waals surface area contributed by atoms with Crippen molar-refractivity contribution in [2.24, 2.45) is 5.92 Å². The van der Waals surface area contributed by atoms with E-state index in [0.717, 1.165) is 17.7 Å². The highest BCUT2D eigenvalue weighted by atomic mass is 16.5. The lowest BCUT2D eigenvalue weighted by Crippen LogP contribution is -2.33. The molecule has 2 unspecified atom stereocenters. The van der Waals surface area contributed by atoms with Gasteiger partial charge in [-0.25, -0.2) is 4.79 Å². The van der Waals surface area contributed by atoms with E-state index in [1.165, 1.54) is 5.56 Å². The molecule has 0 radical (unpaired) electrons. The molecule has 2 aliphatic heterocycles. The molecule has 2 aliphatic rings. The minimum Gasteiger partial charge on any atom is -0.372 e. The van der Waals surface area contributed by atoms with Gasteiger partial charge in [0.25, 0.3) is 0 Å². The number of carbonyl (C=O) groups excluding carboxylic acids is 1. The molecule has 22 heavy (non-hydrogen) atoms. The second kappa shape index (κ2) is 6.64. The van der Waals surface area contributed by atoms with Gasteiger partial charge in [-0.2, -0.15) is 0 Å². The van der Waals surface area contributed by atoms with Crippen LogP contribution in [0.5, 0.6) is 0 Å². The maximum Gasteiger partial charge on any atom is 0.319 e. The number of hydrazine groups is 1. The topological polar surface area (TPSA) is 74.4 Å². The normalized spacial score (nSPS) is 26.7. The number of nitrogens with one attached hydrogen (secondary N) is 4. The number of hydrogen-bond donors (Lipinski definition) is 4. The van der Waals surface area contributed by atoms with Crippen molar-refractivity contribution in [3.8, 4) is 0 Å². The Morgan fingerprint density at radius 2 is 1.95 bits per heavy atom. The molecule has 2 atom stereocenters. The van der Waals surface area contributed by atoms with E-state index < -0.39 is 0 Å². The highest BCUT2D eigenvalue weighted by Gasteiger charge is 2.29. The Labute approximate surface area is 131 Å². The standard InChI is InChI=1S/C16H24N4O2/c1-10-15(11(2)20-19-10)5-6-17-16(21)18-14-4-3-12-8-22-9-13(12)7-14/h3-4,7,10-11,15,19-20H,5-6,8-9H2,1-2H3,(H2,17,18,21). The largest absolute Gasteiger partial charge is 0.372 e. The molecule has 0 saturated carbocycles. The molecule has 0 spiro atoms. The van der Waals surface area contributed by atoms with Crippen LogP contribution in [-0.2, 0) is 18.0 Å². The van der Waals surface area contributed by atoms with Crippen molar-refractivity contribution in [1.29, 1.82) is 0 Å². The molecule has 6 nitrogen and oxygen atoms in total. The summed E-state index contributed by atoms with van der Waals surface area (Å²) in [6, 6.07) is 6.61. The summed E-state index contributed by atoms with van der Waals surface area (Å²) in [7, 11) is 0. The summed E-state index contributed by atoms with van der Waals surface area (Å²) in [4.78, 5) is 12.0. The van der Waals surface area contributed by atoms with Crippen molar-refractivity contribution in [1.82, 2.24) is 16.2 Å². The molecule has 0 aliphatic carbocycles. The number of amides is 2. The highest BCUT2D eigenvalue weighted by molar-refractivity contribution is 5.89. The Morgan fingerprint density at radius 3 is 2.73 bits per heavy atom. The minimum absolute atomic E-state index is 0.155. The molecule has 2 heterocycles. The zero-order valence-electron chi connectivity index (χ0n) is 13.1. The number of rotatable bonds is 4. The SMILES string of the molecule is CC1NNC(C)C1CCNC(=O)Nc1ccc2c(c1)COC2. The van der Waals surface area contributed by atoms with E-state index in [9.17, 15) is 4.79 Å². The third kappa shape index (κ3) is 3.40. The molecular formula is C16H24N4O2. The van der Waals surface area contributed by atoms with Gasteiger partial charge in [-0.3, -0.25) is 10.9 Å². The summed E-state index contributed by atoms with van der Waals surface area (Å²) < 4.78 is 5.38. The van der Waals surface area contributed by atoms with Crippen LogP contribution >= 0.6 is 0 Å². The van der Waals surface area contributed by atoms with Crippen LogP contribution in [0.3, 0.4) is 0 Å². The van der Waals surface area contributed by atoms with Gasteiger partial charge in [-0.1, -0.05) is 6.07 Å². The number of urea groups is 1. The maximum atomic E-state index is 12.0. The molecule has 3 rings (SSSR count). The Bertz CT molecular complexity index is 539. The summed E-state index contributed by atoms with van der Waals surface area (Å²) in [6.07, 6.45) is 0.952. The van der Waals surface area contributed by atoms with Crippen LogP contribution in [0, 0.1) is 5.92 Å². The zero-order valence-corrected chi connectivity index (χ0v) is 13.1. The van der Waals surface area contributed by atoms with Gasteiger partial charge in [-0.15, -0.1) is 0 Å². The fraction of sp³-hybridized carbons (Fsp3) is 0.562. The molecule has 1 aromatic carbocycles. The van der Waals surface area contributed by atoms with Gasteiger partial charge in [0.05, 0.1) is 13.2 Å². The Morgan fingerprint density at radius 1 is 1.23 bits per heavy atom. The van der Waals surface area contributed by atoms with Gasteiger partial charge in [0.15, 0.2) is 0 Å². The Kier molecular flexibility index (Phi) is 4.61. The van der Waals surface area contributed by atoms with E-state index in [1.807, 2.05) is 18.2 Å². The molecule has 120 valence electrons. The van der Waals surface area contributed by atoms with Gasteiger partial charge < -0.3 is 15.4 Å². The Balaban J connectivity index is 1.45. The zero-order chi connectivity index (χ0) is 15.5. The third-order valence-electron chi connectivity index (χ3n) is 4.57. The first-order valence-corrected chi connectivity index (χ1v) is 7.89. The van der Waals surface area contributed by atoms with Gasteiger partial charge in [0, 0.05) is 24.3 Å². The molecule has 0 aromatic heterocycles. The number of hydrogen-bond acceptors (Lipinski definition) is 4. The fourth-order valence-electron chi connectivity index (χ4n) is 3.19. The third-order valence-corrected chi connectivity index (χ3v) is 4.57. The number of fused-ring (bicyclic) bond motifs is 1. The van der Waals surface area contributed by atoms with Crippen LogP contribution in [-0.4, -0.2) is 24.7 Å². The second-order valence-corrected chi connectivity index (χ2v) is 6.18. The van der Waals surface area contributed by atoms with Crippen molar-refractivity contribution in [2.45, 2.75) is 45.6 Å². The summed E-state index contributed by atoms with van der Waals surface area (Å²) in [5.74, 6) is 0.525. The van der Waals surface area contributed by atoms with E-state index in [4.69, 9.17) is 4.74 Å². The molecule has 1 fully saturated rings. The van der Waals surface area contributed by atoms with Gasteiger partial charge >= 0.3 is 6.03 Å². The molecule has 0 bridgehead atoms. The predicted octanol–water partition coefficient (Wildman–Crippen LogP) is 1.73. The lowest BCUT2D eigenvalue weighted by atomic mass is 9.93. The van der Waals surface area contributed by atoms with E-state index in [-0.39, 0.29) is 6.03 Å². The summed E-state index contributed by atoms with van der Waals surface area (Å²) >= 11 is 0. The van der Waals surface area contributed by atoms with E-state index >= 15 is 0 Å². The predicted molar refractivity (Wildman–Crippen MR) is 85.3 cm³/mol. The van der Waals surface area contributed by atoms with Crippen LogP contribution in [0.4, 0.5) is 10.5 Å². The maximum absolute atomic E-state index is 12.0. The number of carbonyl (C=O) groups is 1. The van der Waals surface area contributed by atoms with E-state index in [1.54, 1.807) is 0 Å². The van der Waals surface area contributed by atoms with Crippen LogP contribution in [0.2, 0.25) is 0 Å². The fourth-order valence-corrected chi connectivity index (χ4v) is 3.19. The summed E-state index contributed by atoms with van der Waals surface area (Å²) in [5, 5.41) is 5.81. The number of anilines is 1. The molecule has 4 N–H and O–H groups in total. The van der Waals surface area contributed by atoms with Crippen molar-refractivity contribution in [3.05, 3.63) is 29.3 Å². The second-order valence-electron chi connectivity index (χ2n) is 6.18. The smallest absolute Gasteiger partial charge is 0.319 e. The van der Waals surface area contributed by atoms with Gasteiger partial charge in [0.1, 0.15) is 0 Å². The number of benzene rings is 1. The van der Waals surface area contributed by atoms with Crippen LogP contribution in [0.25, 0.3) is 0 Å². The van der Waals surface area contributed by atoms with Crippen LogP contribution < -0.4 is 21.5 Å². The molecule has 6 heteroatoms. The lowest BCUT2D eigenvalue weighted by molar-refractivity contribution is 0.134. The van der Waals surface area contributed by atoms with Crippen LogP contribution in [0.15, 0.2) is 18.2 Å². The average molecular weight is 304 g/mol. The summed E-state index contributed by atoms with van der Waals surface area (Å²) in [6.45, 7) is 6.29. The lowest BCUT2D eigenvalue weighted by Gasteiger charge is -2.18. The Hall–Kier alpha value is -1.63. The molecule has 1 aromatic rings. The van der Waals surface area contributed by atoms with E-state index in [2.05, 4.69) is 35.3 Å². The molecule has 2 amide bonds. The first-order valence-electron chi connectivity index (χ1n) is 7.89. The van der Waals surface area contributed by atoms with Crippen LogP contribution in [0.1, 0.15) is 31.4 Å². The molecule has 1 saturated heterocycles. The van der Waals surface area contributed by atoms with Gasteiger partial charge in [0.2, 0.25) is 0 Å². The average Bonchev–Trinajstić information content (AvgIpc) is 3.07. The number of ether oxygens (including phenoxy) is 1. The minimum atomic E-state index is -0.155. The summed E-state index contributed by atoms with van der Waals surface area (Å²) in [5.41, 5.74) is 9.63. The highest BCUT2D eigenvalue weighted by Crippen LogP contribution is 2.23.